The van der Waals surface area contributed by atoms with E-state index in [4.69, 9.17) is 10.8 Å². The van der Waals surface area contributed by atoms with Crippen LogP contribution in [0.3, 0.4) is 0 Å². The fourth-order valence-corrected chi connectivity index (χ4v) is 3.52. The van der Waals surface area contributed by atoms with Crippen molar-refractivity contribution in [1.29, 1.82) is 0 Å². The number of hydrogen-bond acceptors (Lipinski definition) is 5. The molecular formula is C15H21N3O2S. The molecule has 1 amide bonds. The van der Waals surface area contributed by atoms with E-state index in [0.717, 1.165) is 21.5 Å². The van der Waals surface area contributed by atoms with Gasteiger partial charge >= 0.3 is 0 Å². The summed E-state index contributed by atoms with van der Waals surface area (Å²) in [4.78, 5) is 17.3. The smallest absolute Gasteiger partial charge is 0.263 e. The second-order valence-corrected chi connectivity index (χ2v) is 6.93. The van der Waals surface area contributed by atoms with E-state index in [9.17, 15) is 4.79 Å². The first-order valence-electron chi connectivity index (χ1n) is 6.85. The van der Waals surface area contributed by atoms with Crippen LogP contribution in [0.5, 0.6) is 0 Å². The SMILES string of the molecule is Cc1cc2sc(C(=O)NC(C)(C)CCO)c(N)c2c(C)n1. The van der Waals surface area contributed by atoms with Crippen LogP contribution in [-0.2, 0) is 0 Å². The summed E-state index contributed by atoms with van der Waals surface area (Å²) in [5.41, 5.74) is 7.90. The molecule has 0 aliphatic rings. The largest absolute Gasteiger partial charge is 0.397 e. The van der Waals surface area contributed by atoms with E-state index in [1.807, 2.05) is 33.8 Å². The molecule has 0 fully saturated rings. The van der Waals surface area contributed by atoms with E-state index in [2.05, 4.69) is 10.3 Å². The number of aliphatic hydroxyl groups is 1. The third-order valence-corrected chi connectivity index (χ3v) is 4.56. The third kappa shape index (κ3) is 3.16. The number of amides is 1. The normalized spacial score (nSPS) is 11.9. The summed E-state index contributed by atoms with van der Waals surface area (Å²) in [6.45, 7) is 7.60. The predicted molar refractivity (Wildman–Crippen MR) is 86.8 cm³/mol. The molecule has 6 heteroatoms. The lowest BCUT2D eigenvalue weighted by molar-refractivity contribution is 0.0904. The highest BCUT2D eigenvalue weighted by Crippen LogP contribution is 2.35. The molecule has 0 bridgehead atoms. The van der Waals surface area contributed by atoms with Crippen LogP contribution in [0, 0.1) is 13.8 Å². The number of hydrogen-bond donors (Lipinski definition) is 3. The molecule has 4 N–H and O–H groups in total. The fourth-order valence-electron chi connectivity index (χ4n) is 2.35. The number of fused-ring (bicyclic) bond motifs is 1. The number of nitrogens with zero attached hydrogens (tertiary/aromatic N) is 1. The molecule has 2 aromatic heterocycles. The maximum atomic E-state index is 12.4. The Kier molecular flexibility index (Phi) is 4.20. The summed E-state index contributed by atoms with van der Waals surface area (Å²) in [6.07, 6.45) is 0.489. The molecule has 0 unspecified atom stereocenters. The Morgan fingerprint density at radius 3 is 2.76 bits per heavy atom. The molecule has 0 aliphatic carbocycles. The molecule has 0 radical (unpaired) electrons. The van der Waals surface area contributed by atoms with Crippen molar-refractivity contribution in [3.05, 3.63) is 22.3 Å². The van der Waals surface area contributed by atoms with Crippen LogP contribution in [0.4, 0.5) is 5.69 Å². The highest BCUT2D eigenvalue weighted by molar-refractivity contribution is 7.21. The minimum Gasteiger partial charge on any atom is -0.397 e. The summed E-state index contributed by atoms with van der Waals surface area (Å²) < 4.78 is 0.975. The van der Waals surface area contributed by atoms with Gasteiger partial charge in [0.05, 0.1) is 5.69 Å². The summed E-state index contributed by atoms with van der Waals surface area (Å²) in [7, 11) is 0. The molecule has 2 aromatic rings. The van der Waals surface area contributed by atoms with Gasteiger partial charge in [0.1, 0.15) is 4.88 Å². The number of thiophene rings is 1. The van der Waals surface area contributed by atoms with E-state index in [-0.39, 0.29) is 12.5 Å². The lowest BCUT2D eigenvalue weighted by Crippen LogP contribution is -2.43. The highest BCUT2D eigenvalue weighted by Gasteiger charge is 2.24. The molecule has 0 aromatic carbocycles. The van der Waals surface area contributed by atoms with Gasteiger partial charge in [-0.15, -0.1) is 11.3 Å². The van der Waals surface area contributed by atoms with Crippen LogP contribution >= 0.6 is 11.3 Å². The molecule has 2 heterocycles. The molecule has 0 atom stereocenters. The number of anilines is 1. The lowest BCUT2D eigenvalue weighted by Gasteiger charge is -2.25. The number of nitrogens with one attached hydrogen (secondary N) is 1. The van der Waals surface area contributed by atoms with Gasteiger partial charge in [0, 0.05) is 33.6 Å². The van der Waals surface area contributed by atoms with Gasteiger partial charge in [-0.1, -0.05) is 0 Å². The number of pyridine rings is 1. The second kappa shape index (κ2) is 5.61. The molecule has 0 aliphatic heterocycles. The number of nitrogens with two attached hydrogens (primary N) is 1. The van der Waals surface area contributed by atoms with Crippen molar-refractivity contribution in [1.82, 2.24) is 10.3 Å². The maximum absolute atomic E-state index is 12.4. The number of aromatic nitrogens is 1. The number of carbonyl (C=O) groups is 1. The van der Waals surface area contributed by atoms with E-state index >= 15 is 0 Å². The second-order valence-electron chi connectivity index (χ2n) is 5.88. The topological polar surface area (TPSA) is 88.2 Å². The van der Waals surface area contributed by atoms with E-state index in [1.165, 1.54) is 11.3 Å². The molecule has 5 nitrogen and oxygen atoms in total. The van der Waals surface area contributed by atoms with Gasteiger partial charge in [-0.3, -0.25) is 9.78 Å². The van der Waals surface area contributed by atoms with Gasteiger partial charge < -0.3 is 16.2 Å². The van der Waals surface area contributed by atoms with Crippen molar-refractivity contribution >= 4 is 33.0 Å². The fraction of sp³-hybridized carbons (Fsp3) is 0.467. The van der Waals surface area contributed by atoms with Crippen LogP contribution in [-0.4, -0.2) is 28.1 Å². The first-order chi connectivity index (χ1) is 9.75. The minimum atomic E-state index is -0.475. The Bertz CT molecular complexity index is 692. The first kappa shape index (κ1) is 15.7. The number of nitrogen functional groups attached to an aromatic ring is 1. The zero-order chi connectivity index (χ0) is 15.8. The minimum absolute atomic E-state index is 0.0252. The predicted octanol–water partition coefficient (Wildman–Crippen LogP) is 2.39. The number of aryl methyl sites for hydroxylation is 2. The summed E-state index contributed by atoms with van der Waals surface area (Å²) in [6, 6.07) is 1.94. The Labute approximate surface area is 128 Å². The lowest BCUT2D eigenvalue weighted by atomic mass is 10.0. The van der Waals surface area contributed by atoms with Crippen molar-refractivity contribution in [2.75, 3.05) is 12.3 Å². The van der Waals surface area contributed by atoms with Gasteiger partial charge in [-0.25, -0.2) is 0 Å². The molecule has 114 valence electrons. The average molecular weight is 307 g/mol. The van der Waals surface area contributed by atoms with E-state index in [0.29, 0.717) is 17.0 Å². The molecule has 2 rings (SSSR count). The highest BCUT2D eigenvalue weighted by atomic mass is 32.1. The summed E-state index contributed by atoms with van der Waals surface area (Å²) in [5.74, 6) is -0.204. The van der Waals surface area contributed by atoms with Crippen LogP contribution < -0.4 is 11.1 Å². The van der Waals surface area contributed by atoms with Gasteiger partial charge in [0.25, 0.3) is 5.91 Å². The number of carbonyl (C=O) groups excluding carboxylic acids is 1. The number of rotatable bonds is 4. The molecule has 21 heavy (non-hydrogen) atoms. The third-order valence-electron chi connectivity index (χ3n) is 3.41. The van der Waals surface area contributed by atoms with Gasteiger partial charge in [-0.2, -0.15) is 0 Å². The Hall–Kier alpha value is -1.66. The van der Waals surface area contributed by atoms with Crippen LogP contribution in [0.15, 0.2) is 6.07 Å². The molecule has 0 saturated carbocycles. The van der Waals surface area contributed by atoms with Crippen molar-refractivity contribution in [3.63, 3.8) is 0 Å². The maximum Gasteiger partial charge on any atom is 0.263 e. The quantitative estimate of drug-likeness (QED) is 0.809. The average Bonchev–Trinajstić information content (AvgIpc) is 2.65. The Morgan fingerprint density at radius 1 is 1.48 bits per heavy atom. The zero-order valence-corrected chi connectivity index (χ0v) is 13.6. The van der Waals surface area contributed by atoms with Crippen LogP contribution in [0.1, 0.15) is 41.3 Å². The van der Waals surface area contributed by atoms with Crippen molar-refractivity contribution in [2.45, 2.75) is 39.7 Å². The van der Waals surface area contributed by atoms with E-state index < -0.39 is 5.54 Å². The van der Waals surface area contributed by atoms with Gasteiger partial charge in [0.15, 0.2) is 0 Å². The Balaban J connectivity index is 2.41. The zero-order valence-electron chi connectivity index (χ0n) is 12.8. The van der Waals surface area contributed by atoms with E-state index in [1.54, 1.807) is 0 Å². The van der Waals surface area contributed by atoms with Crippen molar-refractivity contribution < 1.29 is 9.90 Å². The summed E-state index contributed by atoms with van der Waals surface area (Å²) >= 11 is 1.38. The number of aliphatic hydroxyl groups excluding tert-OH is 1. The van der Waals surface area contributed by atoms with Crippen LogP contribution in [0.2, 0.25) is 0 Å². The van der Waals surface area contributed by atoms with Crippen molar-refractivity contribution in [2.24, 2.45) is 0 Å². The first-order valence-corrected chi connectivity index (χ1v) is 7.66. The van der Waals surface area contributed by atoms with Gasteiger partial charge in [0.2, 0.25) is 0 Å². The monoisotopic (exact) mass is 307 g/mol. The van der Waals surface area contributed by atoms with Crippen molar-refractivity contribution in [3.8, 4) is 0 Å². The standard InChI is InChI=1S/C15H21N3O2S/c1-8-7-10-11(9(2)17-8)12(16)13(21-10)14(20)18-15(3,4)5-6-19/h7,19H,5-6,16H2,1-4H3,(H,18,20). The molecular weight excluding hydrogens is 286 g/mol. The molecule has 0 spiro atoms. The van der Waals surface area contributed by atoms with Gasteiger partial charge in [-0.05, 0) is 40.2 Å². The summed E-state index contributed by atoms with van der Waals surface area (Å²) in [5, 5.41) is 12.8. The van der Waals surface area contributed by atoms with Crippen LogP contribution in [0.25, 0.3) is 10.1 Å². The molecule has 0 saturated heterocycles. The Morgan fingerprint density at radius 2 is 2.14 bits per heavy atom.